The monoisotopic (exact) mass is 333 g/mol. The molecule has 3 rings (SSSR count). The quantitative estimate of drug-likeness (QED) is 0.630. The zero-order valence-corrected chi connectivity index (χ0v) is 13.4. The highest BCUT2D eigenvalue weighted by Gasteiger charge is 2.48. The van der Waals surface area contributed by atoms with Crippen molar-refractivity contribution in [1.82, 2.24) is 0 Å². The van der Waals surface area contributed by atoms with E-state index in [1.54, 1.807) is 37.3 Å². The first-order valence-corrected chi connectivity index (χ1v) is 7.90. The summed E-state index contributed by atoms with van der Waals surface area (Å²) in [7, 11) is 0. The van der Waals surface area contributed by atoms with E-state index < -0.39 is 5.97 Å². The van der Waals surface area contributed by atoms with Crippen molar-refractivity contribution < 1.29 is 19.1 Å². The molecule has 1 aliphatic heterocycles. The molecule has 1 saturated heterocycles. The molecule has 0 bridgehead atoms. The number of carbonyl (C=O) groups excluding carboxylic acids is 3. The third kappa shape index (κ3) is 2.77. The van der Waals surface area contributed by atoms with Crippen LogP contribution in [0.4, 0.5) is 5.69 Å². The van der Waals surface area contributed by atoms with Crippen molar-refractivity contribution in [3.63, 3.8) is 0 Å². The van der Waals surface area contributed by atoms with Crippen LogP contribution < -0.4 is 4.90 Å². The predicted octanol–water partition coefficient (Wildman–Crippen LogP) is 2.89. The number of hydrogen-bond donors (Lipinski definition) is 0. The topological polar surface area (TPSA) is 63.7 Å². The van der Waals surface area contributed by atoms with Crippen LogP contribution in [-0.2, 0) is 14.3 Å². The number of allylic oxidation sites excluding steroid dienone is 2. The van der Waals surface area contributed by atoms with Gasteiger partial charge in [-0.1, -0.05) is 17.7 Å². The summed E-state index contributed by atoms with van der Waals surface area (Å²) in [5.74, 6) is -1.58. The fourth-order valence-corrected chi connectivity index (χ4v) is 3.30. The summed E-state index contributed by atoms with van der Waals surface area (Å²) in [5, 5.41) is 0.631. The van der Waals surface area contributed by atoms with Crippen molar-refractivity contribution in [1.29, 1.82) is 0 Å². The molecule has 1 fully saturated rings. The molecule has 0 unspecified atom stereocenters. The second kappa shape index (κ2) is 6.16. The summed E-state index contributed by atoms with van der Waals surface area (Å²) in [6.07, 6.45) is 2.71. The van der Waals surface area contributed by atoms with Crippen LogP contribution in [0.25, 0.3) is 0 Å². The number of benzene rings is 1. The highest BCUT2D eigenvalue weighted by Crippen LogP contribution is 2.40. The van der Waals surface area contributed by atoms with Crippen molar-refractivity contribution in [3.8, 4) is 0 Å². The lowest BCUT2D eigenvalue weighted by atomic mass is 9.85. The largest absolute Gasteiger partial charge is 0.462 e. The maximum absolute atomic E-state index is 12.5. The van der Waals surface area contributed by atoms with Gasteiger partial charge in [0.2, 0.25) is 11.8 Å². The van der Waals surface area contributed by atoms with Crippen LogP contribution in [0, 0.1) is 11.8 Å². The van der Waals surface area contributed by atoms with Crippen LogP contribution in [0.2, 0.25) is 0 Å². The number of halogens is 1. The standard InChI is InChI=1S/C17H16ClNO4/c1-2-23-17(22)10-3-6-12(7-4-10)19-15(20)13-8-5-11(18)9-14(13)16(19)21/h3-7,13-14H,2,8-9H2,1H3/t13-,14+/m1/s1. The number of hydrogen-bond acceptors (Lipinski definition) is 4. The van der Waals surface area contributed by atoms with Gasteiger partial charge in [0.1, 0.15) is 0 Å². The normalized spacial score (nSPS) is 23.6. The minimum Gasteiger partial charge on any atom is -0.462 e. The van der Waals surface area contributed by atoms with E-state index in [1.807, 2.05) is 0 Å². The van der Waals surface area contributed by atoms with Gasteiger partial charge < -0.3 is 4.74 Å². The molecule has 1 aromatic rings. The molecule has 0 spiro atoms. The van der Waals surface area contributed by atoms with Crippen molar-refractivity contribution in [2.45, 2.75) is 19.8 Å². The first kappa shape index (κ1) is 15.7. The number of nitrogens with zero attached hydrogens (tertiary/aromatic N) is 1. The summed E-state index contributed by atoms with van der Waals surface area (Å²) < 4.78 is 4.92. The van der Waals surface area contributed by atoms with Crippen LogP contribution in [0.5, 0.6) is 0 Å². The molecule has 0 radical (unpaired) electrons. The average molecular weight is 334 g/mol. The Morgan fingerprint density at radius 3 is 2.52 bits per heavy atom. The number of amides is 2. The summed E-state index contributed by atoms with van der Waals surface area (Å²) >= 11 is 6.00. The first-order valence-electron chi connectivity index (χ1n) is 7.52. The number of fused-ring (bicyclic) bond motifs is 1. The highest BCUT2D eigenvalue weighted by atomic mass is 35.5. The molecule has 1 aliphatic carbocycles. The molecular formula is C17H16ClNO4. The smallest absolute Gasteiger partial charge is 0.338 e. The van der Waals surface area contributed by atoms with Crippen molar-refractivity contribution in [2.75, 3.05) is 11.5 Å². The molecule has 0 N–H and O–H groups in total. The molecule has 2 amide bonds. The van der Waals surface area contributed by atoms with E-state index in [0.29, 0.717) is 35.7 Å². The number of ether oxygens (including phenoxy) is 1. The molecule has 0 saturated carbocycles. The van der Waals surface area contributed by atoms with E-state index >= 15 is 0 Å². The number of imide groups is 1. The molecule has 5 nitrogen and oxygen atoms in total. The molecule has 0 aromatic heterocycles. The highest BCUT2D eigenvalue weighted by molar-refractivity contribution is 6.30. The van der Waals surface area contributed by atoms with Crippen LogP contribution in [-0.4, -0.2) is 24.4 Å². The lowest BCUT2D eigenvalue weighted by Crippen LogP contribution is -2.30. The molecule has 120 valence electrons. The second-order valence-corrected chi connectivity index (χ2v) is 6.07. The number of rotatable bonds is 3. The molecule has 1 aromatic carbocycles. The third-order valence-corrected chi connectivity index (χ3v) is 4.51. The second-order valence-electron chi connectivity index (χ2n) is 5.58. The Morgan fingerprint density at radius 2 is 1.87 bits per heavy atom. The molecule has 6 heteroatoms. The Hall–Kier alpha value is -2.14. The Bertz CT molecular complexity index is 695. The Labute approximate surface area is 138 Å². The number of esters is 1. The van der Waals surface area contributed by atoms with E-state index in [-0.39, 0.29) is 23.7 Å². The van der Waals surface area contributed by atoms with Gasteiger partial charge in [-0.15, -0.1) is 0 Å². The van der Waals surface area contributed by atoms with E-state index in [1.165, 1.54) is 4.90 Å². The average Bonchev–Trinajstić information content (AvgIpc) is 2.79. The third-order valence-electron chi connectivity index (χ3n) is 4.21. The van der Waals surface area contributed by atoms with Gasteiger partial charge in [0, 0.05) is 5.03 Å². The summed E-state index contributed by atoms with van der Waals surface area (Å²) in [4.78, 5) is 37.9. The van der Waals surface area contributed by atoms with Gasteiger partial charge in [-0.25, -0.2) is 4.79 Å². The van der Waals surface area contributed by atoms with Crippen molar-refractivity contribution in [3.05, 3.63) is 40.9 Å². The maximum Gasteiger partial charge on any atom is 0.338 e. The van der Waals surface area contributed by atoms with Crippen LogP contribution in [0.15, 0.2) is 35.4 Å². The lowest BCUT2D eigenvalue weighted by molar-refractivity contribution is -0.122. The van der Waals surface area contributed by atoms with Gasteiger partial charge in [-0.2, -0.15) is 0 Å². The van der Waals surface area contributed by atoms with Gasteiger partial charge in [0.05, 0.1) is 29.7 Å². The Balaban J connectivity index is 1.84. The fourth-order valence-electron chi connectivity index (χ4n) is 3.04. The number of carbonyl (C=O) groups is 3. The molecular weight excluding hydrogens is 318 g/mol. The minimum absolute atomic E-state index is 0.204. The van der Waals surface area contributed by atoms with E-state index in [0.717, 1.165) is 0 Å². The van der Waals surface area contributed by atoms with Gasteiger partial charge in [0.15, 0.2) is 0 Å². The lowest BCUT2D eigenvalue weighted by Gasteiger charge is -2.17. The molecule has 2 aliphatic rings. The molecule has 1 heterocycles. The van der Waals surface area contributed by atoms with Gasteiger partial charge in [0.25, 0.3) is 0 Å². The van der Waals surface area contributed by atoms with Gasteiger partial charge >= 0.3 is 5.97 Å². The fraction of sp³-hybridized carbons (Fsp3) is 0.353. The van der Waals surface area contributed by atoms with Crippen LogP contribution >= 0.6 is 11.6 Å². The van der Waals surface area contributed by atoms with Crippen molar-refractivity contribution >= 4 is 35.1 Å². The van der Waals surface area contributed by atoms with Crippen molar-refractivity contribution in [2.24, 2.45) is 11.8 Å². The number of anilines is 1. The van der Waals surface area contributed by atoms with E-state index in [9.17, 15) is 14.4 Å². The zero-order chi connectivity index (χ0) is 16.6. The zero-order valence-electron chi connectivity index (χ0n) is 12.6. The minimum atomic E-state index is -0.428. The van der Waals surface area contributed by atoms with E-state index in [2.05, 4.69) is 0 Å². The predicted molar refractivity (Wildman–Crippen MR) is 85.0 cm³/mol. The van der Waals surface area contributed by atoms with Crippen LogP contribution in [0.1, 0.15) is 30.1 Å². The molecule has 23 heavy (non-hydrogen) atoms. The van der Waals surface area contributed by atoms with E-state index in [4.69, 9.17) is 16.3 Å². The Morgan fingerprint density at radius 1 is 1.22 bits per heavy atom. The molecule has 2 atom stereocenters. The first-order chi connectivity index (χ1) is 11.0. The summed E-state index contributed by atoms with van der Waals surface area (Å²) in [6, 6.07) is 6.30. The van der Waals surface area contributed by atoms with Gasteiger partial charge in [-0.3, -0.25) is 14.5 Å². The SMILES string of the molecule is CCOC(=O)c1ccc(N2C(=O)[C@H]3CC(Cl)=CC[C@H]3C2=O)cc1. The van der Waals surface area contributed by atoms with Gasteiger partial charge in [-0.05, 0) is 44.0 Å². The summed E-state index contributed by atoms with van der Waals surface area (Å²) in [6.45, 7) is 2.02. The summed E-state index contributed by atoms with van der Waals surface area (Å²) in [5.41, 5.74) is 0.857. The maximum atomic E-state index is 12.5. The Kier molecular flexibility index (Phi) is 4.22. The van der Waals surface area contributed by atoms with Crippen LogP contribution in [0.3, 0.4) is 0 Å².